The molecule has 0 unspecified atom stereocenters. The zero-order valence-corrected chi connectivity index (χ0v) is 10.6. The molecule has 1 amide bonds. The van der Waals surface area contributed by atoms with Crippen molar-refractivity contribution in [3.05, 3.63) is 0 Å². The fraction of sp³-hybridized carbons (Fsp3) is 0.917. The number of rotatable bonds is 1. The third kappa shape index (κ3) is 1.79. The lowest BCUT2D eigenvalue weighted by molar-refractivity contribution is 0.00512. The summed E-state index contributed by atoms with van der Waals surface area (Å²) in [7, 11) is 0. The number of fused-ring (bicyclic) bond motifs is 1. The molecule has 16 heavy (non-hydrogen) atoms. The highest BCUT2D eigenvalue weighted by Gasteiger charge is 2.60. The van der Waals surface area contributed by atoms with Gasteiger partial charge in [0, 0.05) is 18.5 Å². The highest BCUT2D eigenvalue weighted by molar-refractivity contribution is 5.69. The van der Waals surface area contributed by atoms with Crippen molar-refractivity contribution >= 4 is 6.09 Å². The molecule has 2 N–H and O–H groups in total. The number of amides is 1. The Morgan fingerprint density at radius 2 is 2.00 bits per heavy atom. The van der Waals surface area contributed by atoms with Gasteiger partial charge in [-0.05, 0) is 33.6 Å². The number of carbonyl (C=O) groups is 1. The monoisotopic (exact) mass is 226 g/mol. The van der Waals surface area contributed by atoms with Gasteiger partial charge < -0.3 is 15.4 Å². The second kappa shape index (κ2) is 3.36. The highest BCUT2D eigenvalue weighted by atomic mass is 16.6. The van der Waals surface area contributed by atoms with Crippen LogP contribution in [0.5, 0.6) is 0 Å². The molecular formula is C12H22N2O2. The lowest BCUT2D eigenvalue weighted by atomic mass is 9.57. The van der Waals surface area contributed by atoms with Crippen LogP contribution < -0.4 is 10.6 Å². The van der Waals surface area contributed by atoms with Gasteiger partial charge in [0.05, 0.1) is 5.54 Å². The number of hydrogen-bond acceptors (Lipinski definition) is 3. The van der Waals surface area contributed by atoms with Crippen LogP contribution in [-0.4, -0.2) is 30.3 Å². The topological polar surface area (TPSA) is 50.4 Å². The highest BCUT2D eigenvalue weighted by Crippen LogP contribution is 2.52. The van der Waals surface area contributed by atoms with Gasteiger partial charge in [0.2, 0.25) is 0 Å². The van der Waals surface area contributed by atoms with Crippen LogP contribution in [0.3, 0.4) is 0 Å². The predicted octanol–water partition coefficient (Wildman–Crippen LogP) is 1.65. The molecule has 1 aliphatic heterocycles. The van der Waals surface area contributed by atoms with Crippen molar-refractivity contribution in [2.75, 3.05) is 13.1 Å². The van der Waals surface area contributed by atoms with Crippen LogP contribution in [0.2, 0.25) is 0 Å². The minimum atomic E-state index is -0.424. The number of alkyl carbamates (subject to hydrolysis) is 1. The van der Waals surface area contributed by atoms with Gasteiger partial charge in [-0.25, -0.2) is 4.79 Å². The van der Waals surface area contributed by atoms with Crippen molar-refractivity contribution in [2.45, 2.75) is 51.7 Å². The van der Waals surface area contributed by atoms with Gasteiger partial charge in [-0.3, -0.25) is 0 Å². The van der Waals surface area contributed by atoms with E-state index in [9.17, 15) is 4.79 Å². The largest absolute Gasteiger partial charge is 0.444 e. The molecule has 1 saturated heterocycles. The maximum absolute atomic E-state index is 11.8. The second-order valence-corrected chi connectivity index (χ2v) is 6.37. The van der Waals surface area contributed by atoms with Crippen LogP contribution in [0.25, 0.3) is 0 Å². The van der Waals surface area contributed by atoms with Gasteiger partial charge >= 0.3 is 6.09 Å². The summed E-state index contributed by atoms with van der Waals surface area (Å²) in [4.78, 5) is 11.8. The van der Waals surface area contributed by atoms with Crippen molar-refractivity contribution < 1.29 is 9.53 Å². The molecule has 0 aromatic carbocycles. The summed E-state index contributed by atoms with van der Waals surface area (Å²) < 4.78 is 5.31. The molecule has 2 rings (SSSR count). The minimum Gasteiger partial charge on any atom is -0.444 e. The molecule has 1 heterocycles. The molecule has 0 spiro atoms. The Kier molecular flexibility index (Phi) is 2.46. The van der Waals surface area contributed by atoms with Gasteiger partial charge in [0.1, 0.15) is 5.60 Å². The van der Waals surface area contributed by atoms with Crippen LogP contribution in [0, 0.1) is 5.41 Å². The predicted molar refractivity (Wildman–Crippen MR) is 62.3 cm³/mol. The van der Waals surface area contributed by atoms with Gasteiger partial charge in [-0.2, -0.15) is 0 Å². The van der Waals surface area contributed by atoms with Crippen molar-refractivity contribution in [3.63, 3.8) is 0 Å². The summed E-state index contributed by atoms with van der Waals surface area (Å²) in [6, 6.07) is 0. The molecule has 1 aliphatic carbocycles. The van der Waals surface area contributed by atoms with E-state index >= 15 is 0 Å². The average molecular weight is 226 g/mol. The van der Waals surface area contributed by atoms with E-state index < -0.39 is 5.60 Å². The van der Waals surface area contributed by atoms with Crippen molar-refractivity contribution in [1.82, 2.24) is 10.6 Å². The first-order valence-electron chi connectivity index (χ1n) is 5.98. The quantitative estimate of drug-likeness (QED) is 0.715. The summed E-state index contributed by atoms with van der Waals surface area (Å²) in [6.07, 6.45) is 1.94. The molecule has 4 heteroatoms. The molecule has 0 aromatic heterocycles. The van der Waals surface area contributed by atoms with Gasteiger partial charge in [0.15, 0.2) is 0 Å². The minimum absolute atomic E-state index is 0.0741. The van der Waals surface area contributed by atoms with Gasteiger partial charge in [-0.15, -0.1) is 0 Å². The van der Waals surface area contributed by atoms with E-state index in [0.717, 1.165) is 19.5 Å². The average Bonchev–Trinajstić information content (AvgIpc) is 2.28. The molecule has 0 aromatic rings. The number of ether oxygens (including phenoxy) is 1. The number of carbonyl (C=O) groups excluding carboxylic acids is 1. The lowest BCUT2D eigenvalue weighted by Gasteiger charge is -2.53. The maximum Gasteiger partial charge on any atom is 0.408 e. The Bertz CT molecular complexity index is 311. The van der Waals surface area contributed by atoms with Gasteiger partial charge in [-0.1, -0.05) is 6.92 Å². The fourth-order valence-corrected chi connectivity index (χ4v) is 2.72. The Morgan fingerprint density at radius 1 is 1.31 bits per heavy atom. The zero-order valence-electron chi connectivity index (χ0n) is 10.6. The van der Waals surface area contributed by atoms with Crippen LogP contribution in [0.1, 0.15) is 40.5 Å². The first-order valence-corrected chi connectivity index (χ1v) is 5.98. The van der Waals surface area contributed by atoms with Crippen molar-refractivity contribution in [3.8, 4) is 0 Å². The van der Waals surface area contributed by atoms with E-state index in [2.05, 4.69) is 17.6 Å². The van der Waals surface area contributed by atoms with Crippen LogP contribution >= 0.6 is 0 Å². The maximum atomic E-state index is 11.8. The van der Waals surface area contributed by atoms with E-state index in [4.69, 9.17) is 4.74 Å². The Balaban J connectivity index is 1.98. The fourth-order valence-electron chi connectivity index (χ4n) is 2.72. The normalized spacial score (nSPS) is 37.5. The Labute approximate surface area is 97.1 Å². The first-order chi connectivity index (χ1) is 7.27. The molecule has 2 fully saturated rings. The van der Waals surface area contributed by atoms with E-state index in [1.54, 1.807) is 0 Å². The second-order valence-electron chi connectivity index (χ2n) is 6.37. The molecule has 0 bridgehead atoms. The summed E-state index contributed by atoms with van der Waals surface area (Å²) in [5.74, 6) is 0. The lowest BCUT2D eigenvalue weighted by Crippen LogP contribution is -2.65. The summed E-state index contributed by atoms with van der Waals surface area (Å²) in [5, 5.41) is 6.43. The molecule has 0 radical (unpaired) electrons. The Hall–Kier alpha value is -0.770. The van der Waals surface area contributed by atoms with Gasteiger partial charge in [0.25, 0.3) is 0 Å². The van der Waals surface area contributed by atoms with E-state index in [-0.39, 0.29) is 17.0 Å². The van der Waals surface area contributed by atoms with Crippen molar-refractivity contribution in [2.24, 2.45) is 5.41 Å². The number of hydrogen-bond donors (Lipinski definition) is 2. The number of nitrogens with one attached hydrogen (secondary N) is 2. The summed E-state index contributed by atoms with van der Waals surface area (Å²) >= 11 is 0. The third-order valence-electron chi connectivity index (χ3n) is 3.94. The standard InChI is InChI=1S/C12H22N2O2/c1-10(2,3)16-9(15)14-12-6-5-11(12,4)7-13-8-12/h13H,5-8H2,1-4H3,(H,14,15)/t11-,12+/m0/s1. The summed E-state index contributed by atoms with van der Waals surface area (Å²) in [6.45, 7) is 9.74. The molecular weight excluding hydrogens is 204 g/mol. The SMILES string of the molecule is CC(C)(C)OC(=O)N[C@@]12CC[C@@]1(C)CNC2. The van der Waals surface area contributed by atoms with Crippen LogP contribution in [0.15, 0.2) is 0 Å². The van der Waals surface area contributed by atoms with Crippen LogP contribution in [0.4, 0.5) is 4.79 Å². The first kappa shape index (κ1) is 11.7. The third-order valence-corrected chi connectivity index (χ3v) is 3.94. The molecule has 1 saturated carbocycles. The Morgan fingerprint density at radius 3 is 2.44 bits per heavy atom. The zero-order chi connectivity index (χ0) is 12.0. The van der Waals surface area contributed by atoms with E-state index in [1.807, 2.05) is 20.8 Å². The molecule has 2 atom stereocenters. The van der Waals surface area contributed by atoms with Crippen LogP contribution in [-0.2, 0) is 4.74 Å². The van der Waals surface area contributed by atoms with E-state index in [1.165, 1.54) is 6.42 Å². The molecule has 92 valence electrons. The summed E-state index contributed by atoms with van der Waals surface area (Å²) in [5.41, 5.74) is -0.286. The van der Waals surface area contributed by atoms with E-state index in [0.29, 0.717) is 0 Å². The smallest absolute Gasteiger partial charge is 0.408 e. The molecule has 4 nitrogen and oxygen atoms in total. The molecule has 2 aliphatic rings. The van der Waals surface area contributed by atoms with Crippen molar-refractivity contribution in [1.29, 1.82) is 0 Å².